The van der Waals surface area contributed by atoms with Gasteiger partial charge in [0.05, 0.1) is 0 Å². The van der Waals surface area contributed by atoms with Gasteiger partial charge in [0.15, 0.2) is 5.76 Å². The van der Waals surface area contributed by atoms with E-state index in [9.17, 15) is 4.79 Å². The molecule has 0 saturated heterocycles. The van der Waals surface area contributed by atoms with Gasteiger partial charge in [-0.25, -0.2) is 0 Å². The largest absolute Gasteiger partial charge is 0.453 e. The van der Waals surface area contributed by atoms with Crippen LogP contribution in [0.2, 0.25) is 0 Å². The van der Waals surface area contributed by atoms with Crippen LogP contribution in [0.5, 0.6) is 0 Å². The number of fused-ring (bicyclic) bond motifs is 1. The summed E-state index contributed by atoms with van der Waals surface area (Å²) < 4.78 is 5.84. The predicted molar refractivity (Wildman–Crippen MR) is 72.0 cm³/mol. The van der Waals surface area contributed by atoms with Crippen LogP contribution < -0.4 is 0 Å². The maximum absolute atomic E-state index is 12.0. The summed E-state index contributed by atoms with van der Waals surface area (Å²) in [5, 5.41) is 1.05. The smallest absolute Gasteiger partial charge is 0.201 e. The molecule has 1 heterocycles. The van der Waals surface area contributed by atoms with Crippen LogP contribution in [-0.4, -0.2) is 5.78 Å². The fourth-order valence-corrected chi connectivity index (χ4v) is 2.36. The number of ketones is 1. The molecule has 0 aliphatic heterocycles. The summed E-state index contributed by atoms with van der Waals surface area (Å²) in [6.07, 6.45) is 3.12. The number of benzene rings is 1. The molecule has 0 amide bonds. The van der Waals surface area contributed by atoms with Crippen LogP contribution in [0.25, 0.3) is 11.0 Å². The summed E-state index contributed by atoms with van der Waals surface area (Å²) in [4.78, 5) is 12.0. The topological polar surface area (TPSA) is 30.2 Å². The highest BCUT2D eigenvalue weighted by molar-refractivity contribution is 6.00. The number of rotatable bonds is 4. The van der Waals surface area contributed by atoms with Crippen molar-refractivity contribution < 1.29 is 9.21 Å². The van der Waals surface area contributed by atoms with E-state index in [1.165, 1.54) is 5.56 Å². The molecule has 0 bridgehead atoms. The fourth-order valence-electron chi connectivity index (χ4n) is 2.36. The van der Waals surface area contributed by atoms with Gasteiger partial charge in [0.25, 0.3) is 0 Å². The van der Waals surface area contributed by atoms with Gasteiger partial charge in [-0.05, 0) is 36.8 Å². The molecular formula is C16H18O2. The van der Waals surface area contributed by atoms with E-state index in [2.05, 4.69) is 19.9 Å². The second-order valence-electron chi connectivity index (χ2n) is 5.32. The molecule has 2 nitrogen and oxygen atoms in total. The van der Waals surface area contributed by atoms with Crippen LogP contribution in [0.1, 0.15) is 55.1 Å². The molecule has 1 aromatic carbocycles. The van der Waals surface area contributed by atoms with Gasteiger partial charge in [-0.1, -0.05) is 32.0 Å². The zero-order valence-electron chi connectivity index (χ0n) is 10.9. The molecule has 3 rings (SSSR count). The van der Waals surface area contributed by atoms with Crippen molar-refractivity contribution in [2.24, 2.45) is 5.92 Å². The summed E-state index contributed by atoms with van der Waals surface area (Å²) >= 11 is 0. The van der Waals surface area contributed by atoms with Gasteiger partial charge in [-0.2, -0.15) is 0 Å². The Morgan fingerprint density at radius 3 is 2.89 bits per heavy atom. The summed E-state index contributed by atoms with van der Waals surface area (Å²) in [6, 6.07) is 8.08. The van der Waals surface area contributed by atoms with E-state index >= 15 is 0 Å². The summed E-state index contributed by atoms with van der Waals surface area (Å²) in [7, 11) is 0. The first kappa shape index (κ1) is 11.5. The highest BCUT2D eigenvalue weighted by atomic mass is 16.3. The molecule has 1 fully saturated rings. The van der Waals surface area contributed by atoms with Crippen LogP contribution in [0.4, 0.5) is 0 Å². The molecule has 2 aromatic rings. The minimum atomic E-state index is 0.182. The number of hydrogen-bond acceptors (Lipinski definition) is 2. The Bertz CT molecular complexity index is 590. The van der Waals surface area contributed by atoms with Gasteiger partial charge in [-0.3, -0.25) is 4.79 Å². The summed E-state index contributed by atoms with van der Waals surface area (Å²) in [6.45, 7) is 4.36. The Morgan fingerprint density at radius 2 is 2.22 bits per heavy atom. The fraction of sp³-hybridized carbons (Fsp3) is 0.438. The predicted octanol–water partition coefficient (Wildman–Crippen LogP) is 4.54. The van der Waals surface area contributed by atoms with Gasteiger partial charge < -0.3 is 4.42 Å². The number of hydrogen-bond donors (Lipinski definition) is 0. The van der Waals surface area contributed by atoms with Crippen molar-refractivity contribution in [1.82, 2.24) is 0 Å². The Hall–Kier alpha value is -1.57. The van der Waals surface area contributed by atoms with Crippen LogP contribution in [0.3, 0.4) is 0 Å². The number of carbonyl (C=O) groups is 1. The average Bonchev–Trinajstić information content (AvgIpc) is 3.14. The molecule has 0 radical (unpaired) electrons. The molecule has 0 spiro atoms. The molecular weight excluding hydrogens is 224 g/mol. The molecule has 2 heteroatoms. The lowest BCUT2D eigenvalue weighted by atomic mass is 9.97. The molecule has 94 valence electrons. The van der Waals surface area contributed by atoms with Crippen LogP contribution in [-0.2, 0) is 0 Å². The Labute approximate surface area is 107 Å². The number of para-hydroxylation sites is 1. The maximum Gasteiger partial charge on any atom is 0.201 e. The lowest BCUT2D eigenvalue weighted by Crippen LogP contribution is -1.98. The third kappa shape index (κ3) is 1.86. The first-order chi connectivity index (χ1) is 8.70. The van der Waals surface area contributed by atoms with Crippen molar-refractivity contribution in [3.63, 3.8) is 0 Å². The molecule has 18 heavy (non-hydrogen) atoms. The Kier molecular flexibility index (Phi) is 2.73. The lowest BCUT2D eigenvalue weighted by Gasteiger charge is -2.08. The maximum atomic E-state index is 12.0. The van der Waals surface area contributed by atoms with Crippen LogP contribution >= 0.6 is 0 Å². The minimum absolute atomic E-state index is 0.182. The van der Waals surface area contributed by atoms with Crippen molar-refractivity contribution in [1.29, 1.82) is 0 Å². The first-order valence-electron chi connectivity index (χ1n) is 6.77. The van der Waals surface area contributed by atoms with E-state index < -0.39 is 0 Å². The molecule has 0 N–H and O–H groups in total. The van der Waals surface area contributed by atoms with E-state index in [0.717, 1.165) is 30.2 Å². The van der Waals surface area contributed by atoms with Crippen molar-refractivity contribution in [2.75, 3.05) is 0 Å². The molecule has 1 aliphatic rings. The van der Waals surface area contributed by atoms with Crippen molar-refractivity contribution in [2.45, 2.75) is 39.0 Å². The van der Waals surface area contributed by atoms with E-state index in [4.69, 9.17) is 4.42 Å². The number of Topliss-reactive ketones (excluding diaryl/α,β-unsaturated/α-hetero) is 1. The van der Waals surface area contributed by atoms with Gasteiger partial charge in [-0.15, -0.1) is 0 Å². The molecule has 1 atom stereocenters. The zero-order chi connectivity index (χ0) is 12.7. The highest BCUT2D eigenvalue weighted by Crippen LogP contribution is 2.36. The van der Waals surface area contributed by atoms with Crippen LogP contribution in [0, 0.1) is 5.92 Å². The van der Waals surface area contributed by atoms with Crippen molar-refractivity contribution in [3.05, 3.63) is 35.6 Å². The average molecular weight is 242 g/mol. The zero-order valence-corrected chi connectivity index (χ0v) is 10.9. The Morgan fingerprint density at radius 1 is 1.44 bits per heavy atom. The highest BCUT2D eigenvalue weighted by Gasteiger charge is 2.32. The van der Waals surface area contributed by atoms with E-state index in [-0.39, 0.29) is 11.7 Å². The lowest BCUT2D eigenvalue weighted by molar-refractivity contribution is 0.0942. The van der Waals surface area contributed by atoms with Crippen molar-refractivity contribution in [3.8, 4) is 0 Å². The SMILES string of the molecule is CCC(C)c1cccc2cc(C(=O)C3CC3)oc12. The van der Waals surface area contributed by atoms with Gasteiger partial charge >= 0.3 is 0 Å². The number of carbonyl (C=O) groups excluding carboxylic acids is 1. The van der Waals surface area contributed by atoms with E-state index in [1.54, 1.807) is 0 Å². The molecule has 1 aliphatic carbocycles. The van der Waals surface area contributed by atoms with Crippen LogP contribution in [0.15, 0.2) is 28.7 Å². The first-order valence-corrected chi connectivity index (χ1v) is 6.77. The molecule has 1 saturated carbocycles. The third-order valence-corrected chi connectivity index (χ3v) is 3.91. The van der Waals surface area contributed by atoms with Crippen molar-refractivity contribution >= 4 is 16.8 Å². The van der Waals surface area contributed by atoms with Gasteiger partial charge in [0.1, 0.15) is 5.58 Å². The quantitative estimate of drug-likeness (QED) is 0.737. The van der Waals surface area contributed by atoms with E-state index in [0.29, 0.717) is 11.7 Å². The summed E-state index contributed by atoms with van der Waals surface area (Å²) in [5.74, 6) is 1.41. The monoisotopic (exact) mass is 242 g/mol. The minimum Gasteiger partial charge on any atom is -0.453 e. The second kappa shape index (κ2) is 4.27. The molecule has 1 aromatic heterocycles. The van der Waals surface area contributed by atoms with E-state index in [1.807, 2.05) is 18.2 Å². The van der Waals surface area contributed by atoms with Gasteiger partial charge in [0, 0.05) is 11.3 Å². The molecule has 1 unspecified atom stereocenters. The third-order valence-electron chi connectivity index (χ3n) is 3.91. The Balaban J connectivity index is 2.07. The number of furan rings is 1. The second-order valence-corrected chi connectivity index (χ2v) is 5.32. The normalized spacial score (nSPS) is 17.0. The summed E-state index contributed by atoms with van der Waals surface area (Å²) in [5.41, 5.74) is 2.11. The van der Waals surface area contributed by atoms with Gasteiger partial charge in [0.2, 0.25) is 5.78 Å². The standard InChI is InChI=1S/C16H18O2/c1-3-10(2)13-6-4-5-12-9-14(18-16(12)13)15(17)11-7-8-11/h4-6,9-11H,3,7-8H2,1-2H3.